The summed E-state index contributed by atoms with van der Waals surface area (Å²) in [5.41, 5.74) is 4.75. The molecule has 1 unspecified atom stereocenters. The predicted octanol–water partition coefficient (Wildman–Crippen LogP) is 5.74. The van der Waals surface area contributed by atoms with Gasteiger partial charge in [-0.2, -0.15) is 0 Å². The first kappa shape index (κ1) is 25.3. The van der Waals surface area contributed by atoms with E-state index in [1.54, 1.807) is 6.92 Å². The number of aliphatic hydroxyl groups is 1. The van der Waals surface area contributed by atoms with Crippen LogP contribution in [0.1, 0.15) is 61.3 Å². The minimum Gasteiger partial charge on any atom is -0.454 e. The van der Waals surface area contributed by atoms with E-state index in [4.69, 9.17) is 23.9 Å². The molecule has 3 heterocycles. The molecule has 0 saturated carbocycles. The van der Waals surface area contributed by atoms with Crippen molar-refractivity contribution in [3.8, 4) is 34.4 Å². The number of ether oxygens (including phenoxy) is 4. The number of rotatable bonds is 10. The van der Waals surface area contributed by atoms with E-state index in [0.717, 1.165) is 70.6 Å². The molecule has 0 radical (unpaired) electrons. The smallest absolute Gasteiger partial charge is 0.231 e. The lowest BCUT2D eigenvalue weighted by Gasteiger charge is -2.22. The van der Waals surface area contributed by atoms with Crippen molar-refractivity contribution in [3.05, 3.63) is 89.2 Å². The number of aromatic nitrogens is 2. The molecule has 8 nitrogen and oxygen atoms in total. The van der Waals surface area contributed by atoms with Crippen molar-refractivity contribution < 1.29 is 24.1 Å². The van der Waals surface area contributed by atoms with Crippen molar-refractivity contribution in [3.63, 3.8) is 0 Å². The van der Waals surface area contributed by atoms with Gasteiger partial charge in [-0.15, -0.1) is 0 Å². The molecule has 0 aliphatic carbocycles. The minimum atomic E-state index is -0.707. The Morgan fingerprint density at radius 3 is 2.08 bits per heavy atom. The van der Waals surface area contributed by atoms with Crippen molar-refractivity contribution in [2.45, 2.75) is 51.9 Å². The van der Waals surface area contributed by atoms with Crippen LogP contribution in [0, 0.1) is 0 Å². The van der Waals surface area contributed by atoms with Gasteiger partial charge in [0.15, 0.2) is 23.0 Å². The van der Waals surface area contributed by atoms with E-state index in [0.29, 0.717) is 12.2 Å². The molecule has 1 atom stereocenters. The molecular weight excluding hydrogens is 494 g/mol. The third-order valence-corrected chi connectivity index (χ3v) is 7.20. The molecule has 2 N–H and O–H groups in total. The van der Waals surface area contributed by atoms with Gasteiger partial charge in [-0.25, -0.2) is 4.98 Å². The van der Waals surface area contributed by atoms with Gasteiger partial charge in [0.05, 0.1) is 23.5 Å². The van der Waals surface area contributed by atoms with Crippen LogP contribution in [0.15, 0.2) is 66.7 Å². The molecule has 1 aromatic heterocycles. The topological polar surface area (TPSA) is 87.0 Å². The second-order valence-corrected chi connectivity index (χ2v) is 9.85. The third kappa shape index (κ3) is 5.05. The van der Waals surface area contributed by atoms with Crippen LogP contribution in [0.2, 0.25) is 0 Å². The maximum atomic E-state index is 10.8. The first-order valence-corrected chi connectivity index (χ1v) is 13.5. The number of fused-ring (bicyclic) bond motifs is 2. The Morgan fingerprint density at radius 1 is 0.872 bits per heavy atom. The van der Waals surface area contributed by atoms with Crippen molar-refractivity contribution in [2.24, 2.45) is 0 Å². The summed E-state index contributed by atoms with van der Waals surface area (Å²) in [6.45, 7) is 5.71. The molecule has 8 heteroatoms. The summed E-state index contributed by atoms with van der Waals surface area (Å²) < 4.78 is 24.7. The number of nitrogens with zero attached hydrogens (tertiary/aromatic N) is 2. The first-order valence-electron chi connectivity index (χ1n) is 13.5. The number of hydrogen-bond acceptors (Lipinski definition) is 7. The lowest BCUT2D eigenvalue weighted by molar-refractivity contribution is 0.173. The molecule has 6 rings (SSSR count). The van der Waals surface area contributed by atoms with Gasteiger partial charge in [0.1, 0.15) is 5.82 Å². The van der Waals surface area contributed by atoms with Crippen molar-refractivity contribution in [1.29, 1.82) is 0 Å². The van der Waals surface area contributed by atoms with E-state index in [1.807, 2.05) is 42.5 Å². The van der Waals surface area contributed by atoms with Crippen LogP contribution >= 0.6 is 0 Å². The molecule has 0 bridgehead atoms. The largest absolute Gasteiger partial charge is 0.454 e. The normalized spacial score (nSPS) is 14.3. The van der Waals surface area contributed by atoms with Crippen LogP contribution in [-0.4, -0.2) is 28.2 Å². The van der Waals surface area contributed by atoms with Crippen molar-refractivity contribution in [1.82, 2.24) is 14.9 Å². The molecule has 0 fully saturated rings. The average molecular weight is 528 g/mol. The Hall–Kier alpha value is -4.01. The summed E-state index contributed by atoms with van der Waals surface area (Å²) >= 11 is 0. The predicted molar refractivity (Wildman–Crippen MR) is 147 cm³/mol. The van der Waals surface area contributed by atoms with Crippen LogP contribution < -0.4 is 24.3 Å². The number of benzene rings is 3. The Morgan fingerprint density at radius 2 is 1.49 bits per heavy atom. The first-order chi connectivity index (χ1) is 19.1. The van der Waals surface area contributed by atoms with Crippen LogP contribution in [0.25, 0.3) is 11.4 Å². The van der Waals surface area contributed by atoms with Gasteiger partial charge in [-0.1, -0.05) is 55.8 Å². The highest BCUT2D eigenvalue weighted by Crippen LogP contribution is 2.39. The Labute approximate surface area is 228 Å². The maximum absolute atomic E-state index is 10.8. The average Bonchev–Trinajstić information content (AvgIpc) is 3.70. The molecule has 2 aliphatic rings. The van der Waals surface area contributed by atoms with Crippen molar-refractivity contribution in [2.75, 3.05) is 13.6 Å². The Balaban J connectivity index is 1.39. The maximum Gasteiger partial charge on any atom is 0.231 e. The van der Waals surface area contributed by atoms with Gasteiger partial charge in [0.2, 0.25) is 13.6 Å². The number of unbranched alkanes of at least 4 members (excludes halogenated alkanes) is 1. The van der Waals surface area contributed by atoms with E-state index in [2.05, 4.69) is 41.1 Å². The molecule has 0 amide bonds. The van der Waals surface area contributed by atoms with E-state index >= 15 is 0 Å². The van der Waals surface area contributed by atoms with Gasteiger partial charge >= 0.3 is 0 Å². The van der Waals surface area contributed by atoms with E-state index < -0.39 is 6.10 Å². The molecule has 4 aromatic rings. The molecule has 3 aromatic carbocycles. The van der Waals surface area contributed by atoms with Crippen LogP contribution in [0.4, 0.5) is 0 Å². The fourth-order valence-electron chi connectivity index (χ4n) is 5.20. The quantitative estimate of drug-likeness (QED) is 0.272. The van der Waals surface area contributed by atoms with Crippen LogP contribution in [0.5, 0.6) is 23.0 Å². The molecular formula is C31H33N3O5. The Bertz CT molecular complexity index is 1390. The highest BCUT2D eigenvalue weighted by atomic mass is 16.7. The Kier molecular flexibility index (Phi) is 7.13. The van der Waals surface area contributed by atoms with Crippen LogP contribution in [-0.2, 0) is 13.1 Å². The van der Waals surface area contributed by atoms with Gasteiger partial charge in [0.25, 0.3) is 0 Å². The molecule has 2 aliphatic heterocycles. The molecule has 0 spiro atoms. The minimum absolute atomic E-state index is 0.189. The zero-order chi connectivity index (χ0) is 26.8. The van der Waals surface area contributed by atoms with Gasteiger partial charge in [-0.05, 0) is 48.7 Å². The van der Waals surface area contributed by atoms with Gasteiger partial charge in [-0.3, -0.25) is 0 Å². The SMILES string of the molecule is CCCCn1c(-c2ccccc2)nc(C(C)O)c1CNC(c1ccc2c(c1)OCO2)c1ccc2c(c1)OCO2. The fraction of sp³-hybridized carbons (Fsp3) is 0.323. The van der Waals surface area contributed by atoms with Crippen molar-refractivity contribution >= 4 is 0 Å². The van der Waals surface area contributed by atoms with Crippen LogP contribution in [0.3, 0.4) is 0 Å². The number of imidazole rings is 1. The highest BCUT2D eigenvalue weighted by Gasteiger charge is 2.25. The third-order valence-electron chi connectivity index (χ3n) is 7.20. The number of hydrogen-bond donors (Lipinski definition) is 2. The van der Waals surface area contributed by atoms with Gasteiger partial charge in [0, 0.05) is 18.7 Å². The second kappa shape index (κ2) is 11.0. The monoisotopic (exact) mass is 527 g/mol. The van der Waals surface area contributed by atoms with Gasteiger partial charge < -0.3 is 33.9 Å². The standard InChI is InChI=1S/C31H33N3O5/c1-3-4-14-34-24(29(20(2)35)33-31(34)21-8-6-5-7-9-21)17-32-30(22-10-12-25-27(15-22)38-18-36-25)23-11-13-26-28(16-23)39-19-37-26/h5-13,15-16,20,30,32,35H,3-4,14,17-19H2,1-2H3. The second-order valence-electron chi connectivity index (χ2n) is 9.85. The summed E-state index contributed by atoms with van der Waals surface area (Å²) in [5, 5.41) is 14.5. The zero-order valence-electron chi connectivity index (χ0n) is 22.2. The fourth-order valence-corrected chi connectivity index (χ4v) is 5.20. The lowest BCUT2D eigenvalue weighted by Crippen LogP contribution is -2.24. The number of nitrogens with one attached hydrogen (secondary N) is 1. The highest BCUT2D eigenvalue weighted by molar-refractivity contribution is 5.57. The summed E-state index contributed by atoms with van der Waals surface area (Å²) in [6, 6.07) is 22.0. The zero-order valence-corrected chi connectivity index (χ0v) is 22.2. The van der Waals surface area contributed by atoms with E-state index in [9.17, 15) is 5.11 Å². The summed E-state index contributed by atoms with van der Waals surface area (Å²) in [7, 11) is 0. The van der Waals surface area contributed by atoms with E-state index in [1.165, 1.54) is 0 Å². The summed E-state index contributed by atoms with van der Waals surface area (Å²) in [5.74, 6) is 3.81. The molecule has 39 heavy (non-hydrogen) atoms. The molecule has 202 valence electrons. The lowest BCUT2D eigenvalue weighted by atomic mass is 9.97. The number of aliphatic hydroxyl groups excluding tert-OH is 1. The van der Waals surface area contributed by atoms with E-state index in [-0.39, 0.29) is 19.6 Å². The summed E-state index contributed by atoms with van der Waals surface area (Å²) in [4.78, 5) is 4.95. The molecule has 0 saturated heterocycles. The summed E-state index contributed by atoms with van der Waals surface area (Å²) in [6.07, 6.45) is 1.36.